The zero-order chi connectivity index (χ0) is 16.9. The van der Waals surface area contributed by atoms with Crippen molar-refractivity contribution in [2.45, 2.75) is 19.4 Å². The van der Waals surface area contributed by atoms with Gasteiger partial charge in [0, 0.05) is 26.8 Å². The number of hydrogen-bond donors (Lipinski definition) is 0. The summed E-state index contributed by atoms with van der Waals surface area (Å²) in [5.74, 6) is -0.994. The maximum atomic E-state index is 11.9. The van der Waals surface area contributed by atoms with Gasteiger partial charge in [0.25, 0.3) is 5.91 Å². The zero-order valence-electron chi connectivity index (χ0n) is 13.6. The summed E-state index contributed by atoms with van der Waals surface area (Å²) < 4.78 is 5.00. The Labute approximate surface area is 130 Å². The first kappa shape index (κ1) is 17.5. The lowest BCUT2D eigenvalue weighted by Gasteiger charge is -2.28. The molecule has 0 radical (unpaired) electrons. The first-order chi connectivity index (χ1) is 10.2. The van der Waals surface area contributed by atoms with Gasteiger partial charge in [0.05, 0.1) is 11.6 Å². The Morgan fingerprint density at radius 1 is 1.18 bits per heavy atom. The normalized spacial score (nSPS) is 10.5. The van der Waals surface area contributed by atoms with E-state index in [0.717, 1.165) is 5.69 Å². The predicted octanol–water partition coefficient (Wildman–Crippen LogP) is 1.67. The van der Waals surface area contributed by atoms with E-state index in [2.05, 4.69) is 0 Å². The van der Waals surface area contributed by atoms with Gasteiger partial charge in [0.1, 0.15) is 5.54 Å². The van der Waals surface area contributed by atoms with Gasteiger partial charge in [0.2, 0.25) is 0 Å². The van der Waals surface area contributed by atoms with Gasteiger partial charge in [-0.15, -0.1) is 0 Å². The molecule has 22 heavy (non-hydrogen) atoms. The Kier molecular flexibility index (Phi) is 5.52. The van der Waals surface area contributed by atoms with Crippen LogP contribution in [-0.2, 0) is 9.53 Å². The summed E-state index contributed by atoms with van der Waals surface area (Å²) in [4.78, 5) is 27.0. The first-order valence-electron chi connectivity index (χ1n) is 6.81. The van der Waals surface area contributed by atoms with E-state index in [-0.39, 0.29) is 0 Å². The molecule has 6 nitrogen and oxygen atoms in total. The van der Waals surface area contributed by atoms with Crippen molar-refractivity contribution in [2.24, 2.45) is 0 Å². The molecule has 1 aromatic rings. The number of esters is 1. The van der Waals surface area contributed by atoms with Crippen molar-refractivity contribution in [3.8, 4) is 6.07 Å². The average molecular weight is 303 g/mol. The number of ether oxygens (including phenoxy) is 1. The maximum Gasteiger partial charge on any atom is 0.338 e. The molecule has 0 unspecified atom stereocenters. The number of amides is 1. The van der Waals surface area contributed by atoms with E-state index in [9.17, 15) is 9.59 Å². The van der Waals surface area contributed by atoms with Crippen LogP contribution in [0.1, 0.15) is 24.2 Å². The topological polar surface area (TPSA) is 73.6 Å². The fourth-order valence-corrected chi connectivity index (χ4v) is 1.59. The summed E-state index contributed by atoms with van der Waals surface area (Å²) in [7, 11) is 5.31. The lowest BCUT2D eigenvalue weighted by atomic mass is 10.1. The van der Waals surface area contributed by atoms with Crippen molar-refractivity contribution in [3.05, 3.63) is 29.8 Å². The molecule has 0 atom stereocenters. The SMILES string of the molecule is CN(C)c1ccc(C(=O)OCC(=O)N(C)C(C)(C)C#N)cc1. The third-order valence-corrected chi connectivity index (χ3v) is 3.43. The van der Waals surface area contributed by atoms with E-state index in [4.69, 9.17) is 10.00 Å². The van der Waals surface area contributed by atoms with Gasteiger partial charge in [0.15, 0.2) is 6.61 Å². The van der Waals surface area contributed by atoms with Gasteiger partial charge in [-0.1, -0.05) is 0 Å². The minimum absolute atomic E-state index is 0.376. The molecule has 0 spiro atoms. The quantitative estimate of drug-likeness (QED) is 0.774. The highest BCUT2D eigenvalue weighted by Gasteiger charge is 2.27. The van der Waals surface area contributed by atoms with Crippen LogP contribution in [0.2, 0.25) is 0 Å². The van der Waals surface area contributed by atoms with Gasteiger partial charge in [-0.05, 0) is 38.1 Å². The number of hydrogen-bond acceptors (Lipinski definition) is 5. The minimum atomic E-state index is -0.948. The third kappa shape index (κ3) is 4.22. The van der Waals surface area contributed by atoms with Gasteiger partial charge in [-0.2, -0.15) is 5.26 Å². The molecule has 0 saturated carbocycles. The van der Waals surface area contributed by atoms with E-state index in [1.807, 2.05) is 25.1 Å². The second kappa shape index (κ2) is 6.94. The molecule has 0 aliphatic carbocycles. The Balaban J connectivity index is 2.63. The van der Waals surface area contributed by atoms with Crippen molar-refractivity contribution in [3.63, 3.8) is 0 Å². The van der Waals surface area contributed by atoms with Crippen molar-refractivity contribution < 1.29 is 14.3 Å². The lowest BCUT2D eigenvalue weighted by molar-refractivity contribution is -0.136. The molecule has 0 aliphatic heterocycles. The zero-order valence-corrected chi connectivity index (χ0v) is 13.6. The van der Waals surface area contributed by atoms with Crippen LogP contribution in [-0.4, -0.2) is 50.1 Å². The van der Waals surface area contributed by atoms with Crippen LogP contribution in [0.15, 0.2) is 24.3 Å². The molecule has 0 fully saturated rings. The molecule has 1 amide bonds. The molecular formula is C16H21N3O3. The van der Waals surface area contributed by atoms with Crippen molar-refractivity contribution in [1.29, 1.82) is 5.26 Å². The Morgan fingerprint density at radius 2 is 1.73 bits per heavy atom. The van der Waals surface area contributed by atoms with Crippen LogP contribution in [0.4, 0.5) is 5.69 Å². The molecule has 0 aliphatic rings. The molecule has 0 saturated heterocycles. The molecular weight excluding hydrogens is 282 g/mol. The van der Waals surface area contributed by atoms with Crippen molar-refractivity contribution >= 4 is 17.6 Å². The molecule has 0 N–H and O–H groups in total. The first-order valence-corrected chi connectivity index (χ1v) is 6.81. The lowest BCUT2D eigenvalue weighted by Crippen LogP contribution is -2.45. The highest BCUT2D eigenvalue weighted by molar-refractivity contribution is 5.91. The smallest absolute Gasteiger partial charge is 0.338 e. The van der Waals surface area contributed by atoms with E-state index >= 15 is 0 Å². The third-order valence-electron chi connectivity index (χ3n) is 3.43. The minimum Gasteiger partial charge on any atom is -0.452 e. The standard InChI is InChI=1S/C16H21N3O3/c1-16(2,11-17)19(5)14(20)10-22-15(21)12-6-8-13(9-7-12)18(3)4/h6-9H,10H2,1-5H3. The summed E-state index contributed by atoms with van der Waals surface area (Å²) in [5.41, 5.74) is 0.389. The molecule has 6 heteroatoms. The van der Waals surface area contributed by atoms with Gasteiger partial charge < -0.3 is 14.5 Å². The van der Waals surface area contributed by atoms with Crippen LogP contribution in [0.3, 0.4) is 0 Å². The molecule has 0 bridgehead atoms. The molecule has 1 aromatic carbocycles. The van der Waals surface area contributed by atoms with Crippen LogP contribution in [0.5, 0.6) is 0 Å². The molecule has 0 aromatic heterocycles. The van der Waals surface area contributed by atoms with E-state index in [1.165, 1.54) is 11.9 Å². The maximum absolute atomic E-state index is 11.9. The summed E-state index contributed by atoms with van der Waals surface area (Å²) in [6.07, 6.45) is 0. The second-order valence-electron chi connectivity index (χ2n) is 5.64. The van der Waals surface area contributed by atoms with Crippen molar-refractivity contribution in [1.82, 2.24) is 4.90 Å². The van der Waals surface area contributed by atoms with Crippen LogP contribution >= 0.6 is 0 Å². The fourth-order valence-electron chi connectivity index (χ4n) is 1.59. The summed E-state index contributed by atoms with van der Waals surface area (Å²) in [5, 5.41) is 8.98. The fraction of sp³-hybridized carbons (Fsp3) is 0.438. The number of carbonyl (C=O) groups excluding carboxylic acids is 2. The highest BCUT2D eigenvalue weighted by Crippen LogP contribution is 2.14. The Hall–Kier alpha value is -2.55. The molecule has 1 rings (SSSR count). The van der Waals surface area contributed by atoms with Crippen LogP contribution in [0.25, 0.3) is 0 Å². The van der Waals surface area contributed by atoms with Gasteiger partial charge in [-0.25, -0.2) is 4.79 Å². The van der Waals surface area contributed by atoms with E-state index < -0.39 is 24.0 Å². The number of likely N-dealkylation sites (N-methyl/N-ethyl adjacent to an activating group) is 1. The largest absolute Gasteiger partial charge is 0.452 e. The Bertz CT molecular complexity index is 586. The number of nitrogens with zero attached hydrogens (tertiary/aromatic N) is 3. The summed E-state index contributed by atoms with van der Waals surface area (Å²) in [6, 6.07) is 8.90. The number of anilines is 1. The predicted molar refractivity (Wildman–Crippen MR) is 83.5 cm³/mol. The van der Waals surface area contributed by atoms with Gasteiger partial charge in [-0.3, -0.25) is 4.79 Å². The number of benzene rings is 1. The van der Waals surface area contributed by atoms with E-state index in [1.54, 1.807) is 38.1 Å². The monoisotopic (exact) mass is 303 g/mol. The number of carbonyl (C=O) groups is 2. The van der Waals surface area contributed by atoms with E-state index in [0.29, 0.717) is 5.56 Å². The molecule has 118 valence electrons. The van der Waals surface area contributed by atoms with Crippen molar-refractivity contribution in [2.75, 3.05) is 32.6 Å². The van der Waals surface area contributed by atoms with Crippen LogP contribution in [0, 0.1) is 11.3 Å². The highest BCUT2D eigenvalue weighted by atomic mass is 16.5. The number of rotatable bonds is 5. The average Bonchev–Trinajstić information content (AvgIpc) is 2.51. The second-order valence-corrected chi connectivity index (χ2v) is 5.64. The Morgan fingerprint density at radius 3 is 2.18 bits per heavy atom. The summed E-state index contributed by atoms with van der Waals surface area (Å²) >= 11 is 0. The number of nitriles is 1. The van der Waals surface area contributed by atoms with Gasteiger partial charge >= 0.3 is 5.97 Å². The van der Waals surface area contributed by atoms with Crippen LogP contribution < -0.4 is 4.90 Å². The molecule has 0 heterocycles. The summed E-state index contributed by atoms with van der Waals surface area (Å²) in [6.45, 7) is 2.84.